The smallest absolute Gasteiger partial charge is 0.328 e. The summed E-state index contributed by atoms with van der Waals surface area (Å²) in [7, 11) is 0. The van der Waals surface area contributed by atoms with E-state index in [1.165, 1.54) is 0 Å². The number of aliphatic hydroxyl groups is 4. The van der Waals surface area contributed by atoms with E-state index in [-0.39, 0.29) is 10.2 Å². The van der Waals surface area contributed by atoms with E-state index in [0.717, 1.165) is 6.20 Å². The number of rotatable bonds is 3. The topological polar surface area (TPSA) is 128 Å². The third kappa shape index (κ3) is 2.30. The molecule has 8 nitrogen and oxygen atoms in total. The zero-order valence-electron chi connectivity index (χ0n) is 11.0. The first-order valence-electron chi connectivity index (χ1n) is 6.02. The van der Waals surface area contributed by atoms with Crippen LogP contribution in [0.2, 0.25) is 0 Å². The highest BCUT2D eigenvalue weighted by Gasteiger charge is 2.55. The van der Waals surface area contributed by atoms with E-state index in [2.05, 4.69) is 9.72 Å². The molecule has 0 aromatic carbocycles. The molecule has 0 bridgehead atoms. The number of H-pyrrole nitrogens is 1. The molecule has 0 radical (unpaired) electrons. The molecule has 0 saturated carbocycles. The molecule has 0 unspecified atom stereocenters. The van der Waals surface area contributed by atoms with E-state index in [4.69, 9.17) is 23.8 Å². The van der Waals surface area contributed by atoms with E-state index in [1.807, 2.05) is 0 Å². The molecule has 1 aromatic rings. The predicted octanol–water partition coefficient (Wildman–Crippen LogP) is -1.69. The fraction of sp³-hybridized carbons (Fsp3) is 0.600. The lowest BCUT2D eigenvalue weighted by atomic mass is 10.1. The van der Waals surface area contributed by atoms with Crippen molar-refractivity contribution >= 4 is 12.2 Å². The minimum Gasteiger partial charge on any atom is -0.392 e. The van der Waals surface area contributed by atoms with Crippen LogP contribution in [-0.2, 0) is 11.3 Å². The Bertz CT molecular complexity index is 668. The Morgan fingerprint density at radius 1 is 1.60 bits per heavy atom. The lowest BCUT2D eigenvalue weighted by molar-refractivity contribution is -0.207. The average Bonchev–Trinajstić information content (AvgIpc) is 2.61. The third-order valence-electron chi connectivity index (χ3n) is 2.91. The van der Waals surface area contributed by atoms with Crippen LogP contribution < -0.4 is 5.69 Å². The van der Waals surface area contributed by atoms with Gasteiger partial charge in [0.25, 0.3) is 5.85 Å². The van der Waals surface area contributed by atoms with Crippen molar-refractivity contribution in [2.45, 2.75) is 30.9 Å². The number of hydrogen-bond donors (Lipinski definition) is 5. The zero-order chi connectivity index (χ0) is 16.0. The maximum absolute atomic E-state index is 14.1. The quantitative estimate of drug-likeness (QED) is 0.421. The number of ether oxygens (including phenoxy) is 1. The van der Waals surface area contributed by atoms with Gasteiger partial charge in [0.15, 0.2) is 6.20 Å². The molecule has 1 aliphatic heterocycles. The SMILES string of the molecule is [2H][C@@]1(n2cc(CO)c(=S)[nH]c2=O)O[C@](F)(CO)[C@@H](O)[C@H]1O. The number of nitrogens with zero attached hydrogens (tertiary/aromatic N) is 1. The number of halogens is 1. The standard InChI is InChI=1S/C10H13FN2O6S/c11-10(3-15)6(17)5(16)8(19-10)13-1-4(2-14)7(20)12-9(13)18/h1,5-6,8,14-17H,2-3H2,(H,12,18,20)/t5-,6+,8-,10-/m1/s1/i8D. The molecule has 112 valence electrons. The second kappa shape index (κ2) is 5.31. The molecule has 1 aromatic heterocycles. The molecule has 1 fully saturated rings. The van der Waals surface area contributed by atoms with Crippen LogP contribution in [-0.4, -0.2) is 54.6 Å². The van der Waals surface area contributed by atoms with E-state index in [9.17, 15) is 19.4 Å². The Kier molecular flexibility index (Phi) is 3.67. The summed E-state index contributed by atoms with van der Waals surface area (Å²) >= 11 is 4.77. The first kappa shape index (κ1) is 13.8. The van der Waals surface area contributed by atoms with Gasteiger partial charge in [0.1, 0.15) is 23.5 Å². The molecule has 2 heterocycles. The minimum atomic E-state index is -3.10. The summed E-state index contributed by atoms with van der Waals surface area (Å²) in [5, 5.41) is 37.4. The molecular weight excluding hydrogens is 295 g/mol. The molecule has 1 saturated heterocycles. The van der Waals surface area contributed by atoms with Gasteiger partial charge in [-0.3, -0.25) is 9.55 Å². The zero-order valence-corrected chi connectivity index (χ0v) is 10.8. The Hall–Kier alpha value is -1.17. The second-order valence-electron chi connectivity index (χ2n) is 4.22. The van der Waals surface area contributed by atoms with Crippen molar-refractivity contribution in [1.82, 2.24) is 9.55 Å². The number of hydrogen-bond acceptors (Lipinski definition) is 7. The molecule has 0 amide bonds. The fourth-order valence-electron chi connectivity index (χ4n) is 1.77. The van der Waals surface area contributed by atoms with Gasteiger partial charge in [-0.05, 0) is 0 Å². The van der Waals surface area contributed by atoms with Gasteiger partial charge in [0.05, 0.1) is 7.98 Å². The second-order valence-corrected chi connectivity index (χ2v) is 4.62. The van der Waals surface area contributed by atoms with E-state index >= 15 is 0 Å². The molecule has 5 N–H and O–H groups in total. The Labute approximate surface area is 118 Å². The van der Waals surface area contributed by atoms with Crippen molar-refractivity contribution in [3.05, 3.63) is 26.9 Å². The molecule has 0 spiro atoms. The van der Waals surface area contributed by atoms with E-state index in [0.29, 0.717) is 4.57 Å². The van der Waals surface area contributed by atoms with Gasteiger partial charge in [-0.25, -0.2) is 9.18 Å². The van der Waals surface area contributed by atoms with Gasteiger partial charge < -0.3 is 25.2 Å². The van der Waals surface area contributed by atoms with Gasteiger partial charge in [0.2, 0.25) is 0 Å². The summed E-state index contributed by atoms with van der Waals surface area (Å²) in [5.41, 5.74) is -0.984. The van der Waals surface area contributed by atoms with Crippen LogP contribution in [0, 0.1) is 4.64 Å². The summed E-state index contributed by atoms with van der Waals surface area (Å²) in [6, 6.07) is 0. The number of nitrogens with one attached hydrogen (secondary N) is 1. The summed E-state index contributed by atoms with van der Waals surface area (Å²) in [5.74, 6) is -3.10. The van der Waals surface area contributed by atoms with Crippen LogP contribution in [0.1, 0.15) is 13.1 Å². The number of aliphatic hydroxyl groups excluding tert-OH is 4. The van der Waals surface area contributed by atoms with Crippen molar-refractivity contribution in [3.8, 4) is 0 Å². The van der Waals surface area contributed by atoms with E-state index < -0.39 is 43.2 Å². The van der Waals surface area contributed by atoms with Crippen LogP contribution >= 0.6 is 12.2 Å². The molecule has 2 rings (SSSR count). The van der Waals surface area contributed by atoms with Gasteiger partial charge in [0, 0.05) is 11.8 Å². The number of alkyl halides is 1. The van der Waals surface area contributed by atoms with Crippen LogP contribution in [0.15, 0.2) is 11.0 Å². The number of aromatic amines is 1. The highest BCUT2D eigenvalue weighted by Crippen LogP contribution is 2.37. The summed E-state index contributed by atoms with van der Waals surface area (Å²) in [6.45, 7) is -1.90. The van der Waals surface area contributed by atoms with Crippen LogP contribution in [0.5, 0.6) is 0 Å². The highest BCUT2D eigenvalue weighted by molar-refractivity contribution is 7.71. The minimum absolute atomic E-state index is 0.0295. The molecule has 0 aliphatic carbocycles. The van der Waals surface area contributed by atoms with Crippen molar-refractivity contribution in [3.63, 3.8) is 0 Å². The molecule has 4 atom stereocenters. The normalized spacial score (nSPS) is 38.0. The Balaban J connectivity index is 2.61. The Morgan fingerprint density at radius 2 is 2.25 bits per heavy atom. The van der Waals surface area contributed by atoms with Crippen molar-refractivity contribution in [2.75, 3.05) is 6.61 Å². The third-order valence-corrected chi connectivity index (χ3v) is 3.27. The lowest BCUT2D eigenvalue weighted by Gasteiger charge is -2.20. The van der Waals surface area contributed by atoms with Crippen molar-refractivity contribution in [2.24, 2.45) is 0 Å². The lowest BCUT2D eigenvalue weighted by Crippen LogP contribution is -2.42. The van der Waals surface area contributed by atoms with Crippen LogP contribution in [0.3, 0.4) is 0 Å². The maximum atomic E-state index is 14.1. The van der Waals surface area contributed by atoms with Gasteiger partial charge >= 0.3 is 5.69 Å². The summed E-state index contributed by atoms with van der Waals surface area (Å²) in [6.07, 6.45) is -6.24. The molecule has 20 heavy (non-hydrogen) atoms. The monoisotopic (exact) mass is 309 g/mol. The molecule has 10 heteroatoms. The molecular formula is C10H13FN2O6S. The Morgan fingerprint density at radius 3 is 2.75 bits per heavy atom. The van der Waals surface area contributed by atoms with Crippen LogP contribution in [0.4, 0.5) is 4.39 Å². The van der Waals surface area contributed by atoms with Crippen molar-refractivity contribution in [1.29, 1.82) is 0 Å². The average molecular weight is 309 g/mol. The van der Waals surface area contributed by atoms with Crippen LogP contribution in [0.25, 0.3) is 0 Å². The highest BCUT2D eigenvalue weighted by atomic mass is 32.1. The largest absolute Gasteiger partial charge is 0.392 e. The van der Waals surface area contributed by atoms with Gasteiger partial charge in [-0.15, -0.1) is 0 Å². The fourth-order valence-corrected chi connectivity index (χ4v) is 1.97. The maximum Gasteiger partial charge on any atom is 0.328 e. The first-order chi connectivity index (χ1) is 9.69. The number of aromatic nitrogens is 2. The molecule has 1 aliphatic rings. The summed E-state index contributed by atoms with van der Waals surface area (Å²) in [4.78, 5) is 14.0. The predicted molar refractivity (Wildman–Crippen MR) is 64.9 cm³/mol. The first-order valence-corrected chi connectivity index (χ1v) is 5.92. The summed E-state index contributed by atoms with van der Waals surface area (Å²) < 4.78 is 27.0. The van der Waals surface area contributed by atoms with E-state index in [1.54, 1.807) is 0 Å². The van der Waals surface area contributed by atoms with Gasteiger partial charge in [-0.2, -0.15) is 0 Å². The van der Waals surface area contributed by atoms with Gasteiger partial charge in [-0.1, -0.05) is 12.2 Å². The van der Waals surface area contributed by atoms with Crippen molar-refractivity contribution < 1.29 is 30.9 Å².